The number of hydrogen-bond acceptors (Lipinski definition) is 4. The Morgan fingerprint density at radius 2 is 2.11 bits per heavy atom. The van der Waals surface area contributed by atoms with E-state index >= 15 is 0 Å². The van der Waals surface area contributed by atoms with E-state index in [1.807, 2.05) is 30.3 Å². The number of hydrogen-bond donors (Lipinski definition) is 1. The van der Waals surface area contributed by atoms with Gasteiger partial charge in [-0.05, 0) is 18.4 Å². The number of epoxide rings is 1. The third-order valence-corrected chi connectivity index (χ3v) is 4.16. The van der Waals surface area contributed by atoms with Crippen LogP contribution < -0.4 is 0 Å². The van der Waals surface area contributed by atoms with Gasteiger partial charge in [0.1, 0.15) is 17.8 Å². The molecule has 4 heteroatoms. The van der Waals surface area contributed by atoms with Gasteiger partial charge in [0.2, 0.25) is 0 Å². The first-order valence-electron chi connectivity index (χ1n) is 6.75. The topological polar surface area (TPSA) is 51.2 Å². The minimum absolute atomic E-state index is 0.0740. The van der Waals surface area contributed by atoms with Crippen LogP contribution in [0.25, 0.3) is 0 Å². The van der Waals surface area contributed by atoms with Crippen LogP contribution in [0.1, 0.15) is 18.4 Å². The van der Waals surface area contributed by atoms with Crippen LogP contribution in [0.3, 0.4) is 0 Å². The second kappa shape index (κ2) is 5.21. The van der Waals surface area contributed by atoms with Crippen LogP contribution in [0.2, 0.25) is 0 Å². The first kappa shape index (κ1) is 13.1. The van der Waals surface area contributed by atoms with Crippen molar-refractivity contribution >= 4 is 0 Å². The van der Waals surface area contributed by atoms with Crippen molar-refractivity contribution in [2.75, 3.05) is 13.7 Å². The molecule has 0 amide bonds. The summed E-state index contributed by atoms with van der Waals surface area (Å²) < 4.78 is 16.8. The lowest BCUT2D eigenvalue weighted by atomic mass is 9.82. The van der Waals surface area contributed by atoms with Gasteiger partial charge in [-0.25, -0.2) is 0 Å². The van der Waals surface area contributed by atoms with Gasteiger partial charge < -0.3 is 19.3 Å². The monoisotopic (exact) mass is 264 g/mol. The number of aliphatic hydroxyl groups is 1. The van der Waals surface area contributed by atoms with Gasteiger partial charge >= 0.3 is 0 Å². The molecular formula is C15H20O4. The van der Waals surface area contributed by atoms with Crippen LogP contribution in [0.5, 0.6) is 0 Å². The molecule has 4 atom stereocenters. The van der Waals surface area contributed by atoms with Crippen molar-refractivity contribution in [1.82, 2.24) is 0 Å². The van der Waals surface area contributed by atoms with Crippen LogP contribution in [-0.4, -0.2) is 42.7 Å². The molecule has 1 heterocycles. The van der Waals surface area contributed by atoms with E-state index in [0.717, 1.165) is 18.4 Å². The van der Waals surface area contributed by atoms with E-state index in [0.29, 0.717) is 13.2 Å². The molecule has 1 spiro atoms. The third-order valence-electron chi connectivity index (χ3n) is 4.16. The van der Waals surface area contributed by atoms with Gasteiger partial charge in [-0.3, -0.25) is 0 Å². The first-order valence-corrected chi connectivity index (χ1v) is 6.75. The lowest BCUT2D eigenvalue weighted by Crippen LogP contribution is -2.53. The van der Waals surface area contributed by atoms with Gasteiger partial charge in [-0.2, -0.15) is 0 Å². The van der Waals surface area contributed by atoms with E-state index in [4.69, 9.17) is 14.2 Å². The molecule has 2 fully saturated rings. The molecule has 0 aromatic heterocycles. The second-order valence-corrected chi connectivity index (χ2v) is 5.37. The van der Waals surface area contributed by atoms with Gasteiger partial charge in [0.05, 0.1) is 19.3 Å². The van der Waals surface area contributed by atoms with Gasteiger partial charge in [0.15, 0.2) is 0 Å². The molecule has 0 unspecified atom stereocenters. The van der Waals surface area contributed by atoms with Gasteiger partial charge in [-0.15, -0.1) is 0 Å². The number of rotatable bonds is 4. The van der Waals surface area contributed by atoms with Gasteiger partial charge in [0, 0.05) is 7.11 Å². The number of benzene rings is 1. The summed E-state index contributed by atoms with van der Waals surface area (Å²) in [6.07, 6.45) is 0.734. The van der Waals surface area contributed by atoms with Gasteiger partial charge in [-0.1, -0.05) is 30.3 Å². The zero-order chi connectivity index (χ0) is 13.3. The fraction of sp³-hybridized carbons (Fsp3) is 0.600. The summed E-state index contributed by atoms with van der Waals surface area (Å²) in [7, 11) is 1.62. The van der Waals surface area contributed by atoms with Crippen molar-refractivity contribution in [3.8, 4) is 0 Å². The molecule has 3 rings (SSSR count). The van der Waals surface area contributed by atoms with Crippen LogP contribution in [0.15, 0.2) is 30.3 Å². The Balaban J connectivity index is 1.61. The van der Waals surface area contributed by atoms with Crippen molar-refractivity contribution in [3.05, 3.63) is 35.9 Å². The molecule has 104 valence electrons. The second-order valence-electron chi connectivity index (χ2n) is 5.37. The Kier molecular flexibility index (Phi) is 3.58. The normalized spacial score (nSPS) is 37.5. The zero-order valence-electron chi connectivity index (χ0n) is 11.1. The van der Waals surface area contributed by atoms with Crippen LogP contribution in [0.4, 0.5) is 0 Å². The average Bonchev–Trinajstić information content (AvgIpc) is 3.23. The smallest absolute Gasteiger partial charge is 0.120 e. The lowest BCUT2D eigenvalue weighted by molar-refractivity contribution is -0.156. The Bertz CT molecular complexity index is 415. The summed E-state index contributed by atoms with van der Waals surface area (Å²) in [4.78, 5) is 0. The SMILES string of the molecule is CO[C@@H]1[C@H](OCc2ccccc2)CC[C@]2(CO2)[C@H]1O. The van der Waals surface area contributed by atoms with E-state index < -0.39 is 6.10 Å². The number of aliphatic hydroxyl groups excluding tert-OH is 1. The predicted octanol–water partition coefficient (Wildman–Crippen LogP) is 1.51. The van der Waals surface area contributed by atoms with Gasteiger partial charge in [0.25, 0.3) is 0 Å². The van der Waals surface area contributed by atoms with Crippen LogP contribution in [-0.2, 0) is 20.8 Å². The highest BCUT2D eigenvalue weighted by molar-refractivity contribution is 5.14. The van der Waals surface area contributed by atoms with Crippen molar-refractivity contribution in [3.63, 3.8) is 0 Å². The molecule has 19 heavy (non-hydrogen) atoms. The number of methoxy groups -OCH3 is 1. The van der Waals surface area contributed by atoms with Crippen molar-refractivity contribution < 1.29 is 19.3 Å². The molecule has 1 aromatic carbocycles. The van der Waals surface area contributed by atoms with E-state index in [9.17, 15) is 5.11 Å². The molecule has 4 nitrogen and oxygen atoms in total. The quantitative estimate of drug-likeness (QED) is 0.838. The summed E-state index contributed by atoms with van der Waals surface area (Å²) in [6, 6.07) is 10.0. The molecule has 1 aliphatic carbocycles. The van der Waals surface area contributed by atoms with E-state index in [1.165, 1.54) is 0 Å². The minimum atomic E-state index is -0.591. The Morgan fingerprint density at radius 1 is 1.37 bits per heavy atom. The van der Waals surface area contributed by atoms with Crippen molar-refractivity contribution in [2.45, 2.75) is 43.4 Å². The summed E-state index contributed by atoms with van der Waals surface area (Å²) in [5.41, 5.74) is 0.780. The Labute approximate surface area is 113 Å². The van der Waals surface area contributed by atoms with Crippen molar-refractivity contribution in [2.24, 2.45) is 0 Å². The third kappa shape index (κ3) is 2.54. The molecular weight excluding hydrogens is 244 g/mol. The Hall–Kier alpha value is -0.940. The molecule has 1 aromatic rings. The first-order chi connectivity index (χ1) is 9.25. The molecule has 0 radical (unpaired) electrons. The zero-order valence-corrected chi connectivity index (χ0v) is 11.1. The summed E-state index contributed by atoms with van der Waals surface area (Å²) >= 11 is 0. The summed E-state index contributed by atoms with van der Waals surface area (Å²) in [6.45, 7) is 1.19. The fourth-order valence-corrected chi connectivity index (χ4v) is 2.85. The predicted molar refractivity (Wildman–Crippen MR) is 69.7 cm³/mol. The van der Waals surface area contributed by atoms with Crippen molar-refractivity contribution in [1.29, 1.82) is 0 Å². The van der Waals surface area contributed by atoms with E-state index in [-0.39, 0.29) is 17.8 Å². The number of ether oxygens (including phenoxy) is 3. The molecule has 1 saturated carbocycles. The average molecular weight is 264 g/mol. The molecule has 0 bridgehead atoms. The molecule has 1 aliphatic heterocycles. The minimum Gasteiger partial charge on any atom is -0.387 e. The fourth-order valence-electron chi connectivity index (χ4n) is 2.85. The van der Waals surface area contributed by atoms with E-state index in [1.54, 1.807) is 7.11 Å². The maximum Gasteiger partial charge on any atom is 0.120 e. The highest BCUT2D eigenvalue weighted by Crippen LogP contribution is 2.43. The lowest BCUT2D eigenvalue weighted by Gasteiger charge is -2.38. The maximum atomic E-state index is 10.3. The Morgan fingerprint density at radius 3 is 2.74 bits per heavy atom. The highest BCUT2D eigenvalue weighted by Gasteiger charge is 2.58. The standard InChI is InChI=1S/C15H20O4/c1-17-13-12(7-8-15(10-19-15)14(13)16)18-9-11-5-3-2-4-6-11/h2-6,12-14,16H,7-10H2,1H3/t12-,13-,14+,15+/m1/s1. The van der Waals surface area contributed by atoms with E-state index in [2.05, 4.69) is 0 Å². The largest absolute Gasteiger partial charge is 0.387 e. The van der Waals surface area contributed by atoms with Crippen LogP contribution >= 0.6 is 0 Å². The van der Waals surface area contributed by atoms with Crippen LogP contribution in [0, 0.1) is 0 Å². The summed E-state index contributed by atoms with van der Waals surface area (Å²) in [5.74, 6) is 0. The summed E-state index contributed by atoms with van der Waals surface area (Å²) in [5, 5.41) is 10.3. The maximum absolute atomic E-state index is 10.3. The molecule has 1 saturated heterocycles. The molecule has 2 aliphatic rings. The molecule has 1 N–H and O–H groups in total. The highest BCUT2D eigenvalue weighted by atomic mass is 16.6.